The monoisotopic (exact) mass is 196 g/mol. The Morgan fingerprint density at radius 2 is 1.64 bits per heavy atom. The number of rotatable bonds is 2. The van der Waals surface area contributed by atoms with Crippen molar-refractivity contribution in [2.24, 2.45) is 11.8 Å². The van der Waals surface area contributed by atoms with Gasteiger partial charge in [0.15, 0.2) is 0 Å². The van der Waals surface area contributed by atoms with E-state index in [2.05, 4.69) is 31.1 Å². The van der Waals surface area contributed by atoms with Crippen LogP contribution in [0, 0.1) is 11.8 Å². The van der Waals surface area contributed by atoms with Gasteiger partial charge in [0.1, 0.15) is 0 Å². The van der Waals surface area contributed by atoms with Crippen molar-refractivity contribution in [1.82, 2.24) is 10.2 Å². The van der Waals surface area contributed by atoms with Crippen LogP contribution in [0.4, 0.5) is 0 Å². The Labute approximate surface area is 88.1 Å². The number of likely N-dealkylation sites (tertiary alicyclic amines) is 1. The Morgan fingerprint density at radius 3 is 2.14 bits per heavy atom. The highest BCUT2D eigenvalue weighted by Gasteiger charge is 2.32. The zero-order valence-electron chi connectivity index (χ0n) is 9.79. The minimum Gasteiger partial charge on any atom is -0.308 e. The van der Waals surface area contributed by atoms with Crippen LogP contribution in [0.25, 0.3) is 0 Å². The minimum atomic E-state index is 0.771. The molecule has 1 saturated carbocycles. The van der Waals surface area contributed by atoms with Crippen molar-refractivity contribution in [2.75, 3.05) is 20.1 Å². The second-order valence-electron chi connectivity index (χ2n) is 5.50. The van der Waals surface area contributed by atoms with Crippen LogP contribution in [0.3, 0.4) is 0 Å². The summed E-state index contributed by atoms with van der Waals surface area (Å²) in [6.45, 7) is 7.32. The highest BCUT2D eigenvalue weighted by atomic mass is 15.2. The Bertz CT molecular complexity index is 177. The Balaban J connectivity index is 1.82. The van der Waals surface area contributed by atoms with Crippen LogP contribution in [-0.4, -0.2) is 37.1 Å². The van der Waals surface area contributed by atoms with Crippen molar-refractivity contribution >= 4 is 0 Å². The first-order valence-corrected chi connectivity index (χ1v) is 6.11. The highest BCUT2D eigenvalue weighted by molar-refractivity contribution is 4.91. The van der Waals surface area contributed by atoms with Gasteiger partial charge in [0, 0.05) is 25.2 Å². The van der Waals surface area contributed by atoms with Crippen LogP contribution < -0.4 is 5.32 Å². The molecule has 0 amide bonds. The van der Waals surface area contributed by atoms with Crippen LogP contribution in [0.5, 0.6) is 0 Å². The molecule has 2 atom stereocenters. The molecular formula is C12H24N2. The number of nitrogens with one attached hydrogen (secondary N) is 1. The fourth-order valence-corrected chi connectivity index (χ4v) is 3.09. The summed E-state index contributed by atoms with van der Waals surface area (Å²) >= 11 is 0. The van der Waals surface area contributed by atoms with E-state index in [1.165, 1.54) is 32.4 Å². The summed E-state index contributed by atoms with van der Waals surface area (Å²) in [7, 11) is 2.20. The van der Waals surface area contributed by atoms with E-state index in [1.54, 1.807) is 0 Å². The predicted octanol–water partition coefficient (Wildman–Crippen LogP) is 1.71. The van der Waals surface area contributed by atoms with Crippen molar-refractivity contribution in [3.63, 3.8) is 0 Å². The molecule has 1 heterocycles. The van der Waals surface area contributed by atoms with Gasteiger partial charge in [-0.3, -0.25) is 0 Å². The summed E-state index contributed by atoms with van der Waals surface area (Å²) < 4.78 is 0. The summed E-state index contributed by atoms with van der Waals surface area (Å²) in [5.74, 6) is 1.76. The van der Waals surface area contributed by atoms with Crippen LogP contribution in [0.1, 0.15) is 33.1 Å². The largest absolute Gasteiger partial charge is 0.308 e. The van der Waals surface area contributed by atoms with E-state index >= 15 is 0 Å². The zero-order chi connectivity index (χ0) is 10.1. The molecule has 82 valence electrons. The molecule has 2 rings (SSSR count). The topological polar surface area (TPSA) is 15.3 Å². The maximum absolute atomic E-state index is 3.84. The first-order chi connectivity index (χ1) is 6.66. The summed E-state index contributed by atoms with van der Waals surface area (Å²) in [6, 6.07) is 1.55. The van der Waals surface area contributed by atoms with E-state index in [0.29, 0.717) is 0 Å². The summed E-state index contributed by atoms with van der Waals surface area (Å²) in [5, 5.41) is 3.84. The smallest absolute Gasteiger partial charge is 0.0325 e. The van der Waals surface area contributed by atoms with Crippen LogP contribution in [-0.2, 0) is 0 Å². The highest BCUT2D eigenvalue weighted by Crippen LogP contribution is 2.29. The lowest BCUT2D eigenvalue weighted by Crippen LogP contribution is -2.61. The number of likely N-dealkylation sites (N-methyl/N-ethyl adjacent to an activating group) is 1. The van der Waals surface area contributed by atoms with Crippen molar-refractivity contribution in [1.29, 1.82) is 0 Å². The lowest BCUT2D eigenvalue weighted by molar-refractivity contribution is 0.110. The van der Waals surface area contributed by atoms with Crippen molar-refractivity contribution in [2.45, 2.75) is 45.2 Å². The van der Waals surface area contributed by atoms with Gasteiger partial charge >= 0.3 is 0 Å². The molecule has 1 aliphatic heterocycles. The molecule has 2 unspecified atom stereocenters. The Kier molecular flexibility index (Phi) is 3.13. The molecule has 2 nitrogen and oxygen atoms in total. The van der Waals surface area contributed by atoms with Gasteiger partial charge in [-0.1, -0.05) is 20.3 Å². The van der Waals surface area contributed by atoms with Gasteiger partial charge in [0.05, 0.1) is 0 Å². The molecule has 1 N–H and O–H groups in total. The van der Waals surface area contributed by atoms with Gasteiger partial charge in [0.2, 0.25) is 0 Å². The lowest BCUT2D eigenvalue weighted by Gasteiger charge is -2.44. The van der Waals surface area contributed by atoms with Gasteiger partial charge in [-0.05, 0) is 31.7 Å². The average molecular weight is 196 g/mol. The van der Waals surface area contributed by atoms with Gasteiger partial charge in [-0.2, -0.15) is 0 Å². The zero-order valence-corrected chi connectivity index (χ0v) is 9.79. The van der Waals surface area contributed by atoms with Crippen molar-refractivity contribution in [3.05, 3.63) is 0 Å². The molecule has 1 saturated heterocycles. The van der Waals surface area contributed by atoms with Crippen molar-refractivity contribution in [3.8, 4) is 0 Å². The van der Waals surface area contributed by atoms with Crippen LogP contribution >= 0.6 is 0 Å². The van der Waals surface area contributed by atoms with E-state index in [4.69, 9.17) is 0 Å². The molecule has 14 heavy (non-hydrogen) atoms. The second kappa shape index (κ2) is 4.19. The first kappa shape index (κ1) is 10.4. The van der Waals surface area contributed by atoms with Gasteiger partial charge in [0.25, 0.3) is 0 Å². The lowest BCUT2D eigenvalue weighted by atomic mass is 9.78. The standard InChI is InChI=1S/C12H24N2/c1-9-5-4-6-10(2)12(9)13-11-7-14(3)8-11/h9-13H,4-8H2,1-3H3. The maximum atomic E-state index is 3.84. The molecule has 2 fully saturated rings. The SMILES string of the molecule is CC1CCCC(C)C1NC1CN(C)C1. The first-order valence-electron chi connectivity index (χ1n) is 6.11. The fourth-order valence-electron chi connectivity index (χ4n) is 3.09. The second-order valence-corrected chi connectivity index (χ2v) is 5.50. The molecule has 0 aromatic heterocycles. The fraction of sp³-hybridized carbons (Fsp3) is 1.00. The molecule has 1 aliphatic carbocycles. The third-order valence-corrected chi connectivity index (χ3v) is 4.04. The quantitative estimate of drug-likeness (QED) is 0.723. The van der Waals surface area contributed by atoms with E-state index in [1.807, 2.05) is 0 Å². The van der Waals surface area contributed by atoms with Gasteiger partial charge in [-0.15, -0.1) is 0 Å². The van der Waals surface area contributed by atoms with E-state index in [0.717, 1.165) is 23.9 Å². The number of hydrogen-bond donors (Lipinski definition) is 1. The maximum Gasteiger partial charge on any atom is 0.0325 e. The summed E-state index contributed by atoms with van der Waals surface area (Å²) in [4.78, 5) is 2.38. The normalized spacial score (nSPS) is 40.9. The van der Waals surface area contributed by atoms with Crippen molar-refractivity contribution < 1.29 is 0 Å². The van der Waals surface area contributed by atoms with Gasteiger partial charge in [-0.25, -0.2) is 0 Å². The molecule has 2 aliphatic rings. The minimum absolute atomic E-state index is 0.771. The summed E-state index contributed by atoms with van der Waals surface area (Å²) in [6.07, 6.45) is 4.28. The molecule has 0 spiro atoms. The summed E-state index contributed by atoms with van der Waals surface area (Å²) in [5.41, 5.74) is 0. The molecule has 2 heteroatoms. The molecule has 0 bridgehead atoms. The Morgan fingerprint density at radius 1 is 1.07 bits per heavy atom. The number of nitrogens with zero attached hydrogens (tertiary/aromatic N) is 1. The molecule has 0 aromatic carbocycles. The predicted molar refractivity (Wildman–Crippen MR) is 60.4 cm³/mol. The molecular weight excluding hydrogens is 172 g/mol. The molecule has 0 aromatic rings. The third kappa shape index (κ3) is 2.12. The van der Waals surface area contributed by atoms with E-state index in [9.17, 15) is 0 Å². The average Bonchev–Trinajstić information content (AvgIpc) is 2.08. The van der Waals surface area contributed by atoms with Crippen LogP contribution in [0.2, 0.25) is 0 Å². The van der Waals surface area contributed by atoms with Gasteiger partial charge < -0.3 is 10.2 Å². The Hall–Kier alpha value is -0.0800. The third-order valence-electron chi connectivity index (χ3n) is 4.04. The molecule has 0 radical (unpaired) electrons. The van der Waals surface area contributed by atoms with E-state index in [-0.39, 0.29) is 0 Å². The van der Waals surface area contributed by atoms with E-state index < -0.39 is 0 Å². The van der Waals surface area contributed by atoms with Crippen LogP contribution in [0.15, 0.2) is 0 Å². The number of hydrogen-bond acceptors (Lipinski definition) is 2.